The number of aromatic amines is 1. The Labute approximate surface area is 272 Å². The van der Waals surface area contributed by atoms with Crippen molar-refractivity contribution in [3.63, 3.8) is 0 Å². The van der Waals surface area contributed by atoms with E-state index in [2.05, 4.69) is 41.2 Å². The van der Waals surface area contributed by atoms with Gasteiger partial charge in [0.25, 0.3) is 15.7 Å². The van der Waals surface area contributed by atoms with Crippen LogP contribution in [0.2, 0.25) is 0 Å². The van der Waals surface area contributed by atoms with Gasteiger partial charge in [0.15, 0.2) is 10.8 Å². The van der Waals surface area contributed by atoms with Gasteiger partial charge in [0.1, 0.15) is 16.9 Å². The third-order valence-electron chi connectivity index (χ3n) is 6.65. The van der Waals surface area contributed by atoms with Crippen molar-refractivity contribution in [2.75, 3.05) is 21.3 Å². The fourth-order valence-electron chi connectivity index (χ4n) is 4.50. The molecule has 14 nitrogen and oxygen atoms in total. The molecule has 236 valence electrons. The number of nitrogens with zero attached hydrogens (tertiary/aromatic N) is 3. The molecule has 0 saturated carbocycles. The molecule has 4 aromatic carbocycles. The maximum Gasteiger partial charge on any atom is 0.294 e. The van der Waals surface area contributed by atoms with Gasteiger partial charge < -0.3 is 31.5 Å². The summed E-state index contributed by atoms with van der Waals surface area (Å²) in [6.45, 7) is 0. The van der Waals surface area contributed by atoms with Gasteiger partial charge >= 0.3 is 0 Å². The molecule has 0 aliphatic heterocycles. The SMILES string of the molecule is O=c1[nH]c(Nc2ccc(S(=O)(=O)O)cc2)nc2nc(Nc3ccc(NC(=S)Nc4ccccc4)cc3)nc(-c3ccc(O)cc3O)c12. The number of aromatic hydroxyl groups is 2. The van der Waals surface area contributed by atoms with Gasteiger partial charge in [-0.15, -0.1) is 0 Å². The second-order valence-electron chi connectivity index (χ2n) is 9.98. The lowest BCUT2D eigenvalue weighted by molar-refractivity contribution is 0.451. The molecule has 0 aliphatic rings. The Morgan fingerprint density at radius 1 is 0.745 bits per heavy atom. The Balaban J connectivity index is 1.32. The Morgan fingerprint density at radius 3 is 2.02 bits per heavy atom. The number of hydrogen-bond acceptors (Lipinski definition) is 11. The van der Waals surface area contributed by atoms with E-state index in [9.17, 15) is 28.0 Å². The first-order chi connectivity index (χ1) is 22.5. The van der Waals surface area contributed by atoms with Gasteiger partial charge in [0, 0.05) is 34.4 Å². The number of fused-ring (bicyclic) bond motifs is 1. The fraction of sp³-hybridized carbons (Fsp3) is 0. The minimum Gasteiger partial charge on any atom is -0.508 e. The summed E-state index contributed by atoms with van der Waals surface area (Å²) in [5, 5.41) is 33.0. The highest BCUT2D eigenvalue weighted by molar-refractivity contribution is 7.85. The van der Waals surface area contributed by atoms with Crippen molar-refractivity contribution >= 4 is 73.1 Å². The molecule has 6 rings (SSSR count). The van der Waals surface area contributed by atoms with Crippen molar-refractivity contribution in [2.24, 2.45) is 0 Å². The highest BCUT2D eigenvalue weighted by atomic mass is 32.2. The molecule has 0 amide bonds. The number of para-hydroxylation sites is 1. The molecule has 0 spiro atoms. The Morgan fingerprint density at radius 2 is 1.36 bits per heavy atom. The number of anilines is 6. The molecule has 2 heterocycles. The van der Waals surface area contributed by atoms with Crippen LogP contribution in [0.1, 0.15) is 0 Å². The van der Waals surface area contributed by atoms with Gasteiger partial charge in [0.2, 0.25) is 11.9 Å². The van der Waals surface area contributed by atoms with Gasteiger partial charge in [-0.2, -0.15) is 18.4 Å². The monoisotopic (exact) mass is 668 g/mol. The zero-order valence-electron chi connectivity index (χ0n) is 24.0. The van der Waals surface area contributed by atoms with E-state index < -0.39 is 15.7 Å². The summed E-state index contributed by atoms with van der Waals surface area (Å²) in [6, 6.07) is 25.5. The number of hydrogen-bond donors (Lipinski definition) is 8. The molecular weight excluding hydrogens is 645 g/mol. The summed E-state index contributed by atoms with van der Waals surface area (Å²) in [5.41, 5.74) is 2.00. The summed E-state index contributed by atoms with van der Waals surface area (Å²) in [5.74, 6) is -0.493. The smallest absolute Gasteiger partial charge is 0.294 e. The maximum absolute atomic E-state index is 13.4. The van der Waals surface area contributed by atoms with E-state index in [0.717, 1.165) is 11.8 Å². The Hall–Kier alpha value is -6.10. The first kappa shape index (κ1) is 30.9. The van der Waals surface area contributed by atoms with Crippen LogP contribution in [0.5, 0.6) is 11.5 Å². The van der Waals surface area contributed by atoms with Crippen molar-refractivity contribution in [1.82, 2.24) is 19.9 Å². The predicted octanol–water partition coefficient (Wildman–Crippen LogP) is 5.33. The molecule has 0 fully saturated rings. The van der Waals surface area contributed by atoms with Crippen molar-refractivity contribution in [3.8, 4) is 22.8 Å². The van der Waals surface area contributed by atoms with Gasteiger partial charge in [-0.05, 0) is 85.0 Å². The van der Waals surface area contributed by atoms with Crippen LogP contribution in [0.4, 0.5) is 34.6 Å². The van der Waals surface area contributed by atoms with Crippen molar-refractivity contribution < 1.29 is 23.2 Å². The third kappa shape index (κ3) is 7.25. The van der Waals surface area contributed by atoms with Gasteiger partial charge in [-0.3, -0.25) is 14.3 Å². The largest absolute Gasteiger partial charge is 0.508 e. The first-order valence-corrected chi connectivity index (χ1v) is 15.6. The summed E-state index contributed by atoms with van der Waals surface area (Å²) < 4.78 is 32.0. The van der Waals surface area contributed by atoms with Crippen molar-refractivity contribution in [2.45, 2.75) is 4.90 Å². The normalized spacial score (nSPS) is 11.2. The number of H-pyrrole nitrogens is 1. The Bertz CT molecular complexity index is 2280. The lowest BCUT2D eigenvalue weighted by Gasteiger charge is -2.13. The average Bonchev–Trinajstić information content (AvgIpc) is 3.02. The molecule has 8 N–H and O–H groups in total. The van der Waals surface area contributed by atoms with Crippen LogP contribution in [-0.2, 0) is 10.1 Å². The third-order valence-corrected chi connectivity index (χ3v) is 7.72. The zero-order valence-corrected chi connectivity index (χ0v) is 25.6. The molecule has 6 aromatic rings. The molecule has 0 bridgehead atoms. The lowest BCUT2D eigenvalue weighted by Crippen LogP contribution is -2.18. The van der Waals surface area contributed by atoms with Crippen LogP contribution in [0.15, 0.2) is 107 Å². The van der Waals surface area contributed by atoms with Crippen LogP contribution in [-0.4, -0.2) is 48.2 Å². The number of rotatable bonds is 8. The number of phenols is 2. The van der Waals surface area contributed by atoms with Gasteiger partial charge in [-0.25, -0.2) is 4.98 Å². The van der Waals surface area contributed by atoms with E-state index in [0.29, 0.717) is 22.2 Å². The van der Waals surface area contributed by atoms with Gasteiger partial charge in [-0.1, -0.05) is 18.2 Å². The summed E-state index contributed by atoms with van der Waals surface area (Å²) in [7, 11) is -4.39. The molecule has 16 heteroatoms. The van der Waals surface area contributed by atoms with E-state index in [-0.39, 0.29) is 50.6 Å². The Kier molecular flexibility index (Phi) is 8.36. The topological polar surface area (TPSA) is 214 Å². The van der Waals surface area contributed by atoms with Crippen LogP contribution in [0, 0.1) is 0 Å². The molecule has 0 radical (unpaired) electrons. The van der Waals surface area contributed by atoms with Crippen LogP contribution < -0.4 is 26.8 Å². The molecule has 0 atom stereocenters. The quantitative estimate of drug-likeness (QED) is 0.0760. The average molecular weight is 669 g/mol. The summed E-state index contributed by atoms with van der Waals surface area (Å²) in [4.78, 5) is 29.0. The fourth-order valence-corrected chi connectivity index (χ4v) is 5.22. The van der Waals surface area contributed by atoms with E-state index in [1.54, 1.807) is 24.3 Å². The highest BCUT2D eigenvalue weighted by Crippen LogP contribution is 2.34. The number of aromatic nitrogens is 4. The van der Waals surface area contributed by atoms with E-state index in [1.165, 1.54) is 36.4 Å². The van der Waals surface area contributed by atoms with Crippen LogP contribution >= 0.6 is 12.2 Å². The van der Waals surface area contributed by atoms with E-state index >= 15 is 0 Å². The van der Waals surface area contributed by atoms with E-state index in [4.69, 9.17) is 12.2 Å². The van der Waals surface area contributed by atoms with Crippen molar-refractivity contribution in [3.05, 3.63) is 107 Å². The predicted molar refractivity (Wildman–Crippen MR) is 182 cm³/mol. The van der Waals surface area contributed by atoms with Crippen LogP contribution in [0.25, 0.3) is 22.3 Å². The molecule has 0 unspecified atom stereocenters. The molecule has 0 aliphatic carbocycles. The maximum atomic E-state index is 13.4. The second kappa shape index (κ2) is 12.7. The lowest BCUT2D eigenvalue weighted by atomic mass is 10.1. The summed E-state index contributed by atoms with van der Waals surface area (Å²) in [6.07, 6.45) is 0. The van der Waals surface area contributed by atoms with Crippen LogP contribution in [0.3, 0.4) is 0 Å². The molecule has 47 heavy (non-hydrogen) atoms. The first-order valence-electron chi connectivity index (χ1n) is 13.7. The standard InChI is InChI=1S/C31H24N8O6S2/c40-21-12-15-23(24(41)16-21)26-25-27(38-30(39-28(25)42)33-19-10-13-22(14-11-19)47(43,44)45)37-29(36-26)32-18-6-8-20(9-7-18)35-31(46)34-17-4-2-1-3-5-17/h1-16,40-41H,(H2,34,35,46)(H,43,44,45)(H3,32,33,36,37,38,39,42). The van der Waals surface area contributed by atoms with Gasteiger partial charge in [0.05, 0.1) is 10.6 Å². The molecule has 0 saturated heterocycles. The molecule has 2 aromatic heterocycles. The summed E-state index contributed by atoms with van der Waals surface area (Å²) >= 11 is 5.39. The van der Waals surface area contributed by atoms with E-state index in [1.807, 2.05) is 30.3 Å². The number of nitrogens with one attached hydrogen (secondary N) is 5. The minimum atomic E-state index is -4.39. The highest BCUT2D eigenvalue weighted by Gasteiger charge is 2.19. The minimum absolute atomic E-state index is 0.0249. The zero-order chi connectivity index (χ0) is 33.1. The number of thiocarbonyl (C=S) groups is 1. The number of benzene rings is 4. The molecular formula is C31H24N8O6S2. The van der Waals surface area contributed by atoms with Crippen molar-refractivity contribution in [1.29, 1.82) is 0 Å². The second-order valence-corrected chi connectivity index (χ2v) is 11.8. The number of phenolic OH excluding ortho intramolecular Hbond substituents is 2.